The maximum Gasteiger partial charge on any atom is 0.303 e. The number of carboxylic acids is 1. The summed E-state index contributed by atoms with van der Waals surface area (Å²) < 4.78 is 12.4. The average molecular weight is 657 g/mol. The number of ketones is 1. The first-order chi connectivity index (χ1) is 20.8. The van der Waals surface area contributed by atoms with Crippen molar-refractivity contribution >= 4 is 28.1 Å². The largest absolute Gasteiger partial charge is 0.481 e. The smallest absolute Gasteiger partial charge is 0.303 e. The number of allylic oxidation sites excluding steroid dienone is 3. The molecule has 0 saturated heterocycles. The first-order valence-electron chi connectivity index (χ1n) is 17.1. The van der Waals surface area contributed by atoms with Crippen LogP contribution in [0.25, 0.3) is 0 Å². The third-order valence-electron chi connectivity index (χ3n) is 10.8. The summed E-state index contributed by atoms with van der Waals surface area (Å²) in [5.41, 5.74) is 2.56. The third kappa shape index (κ3) is 12.4. The van der Waals surface area contributed by atoms with Gasteiger partial charge in [-0.2, -0.15) is 0 Å². The number of carboxylic acid groups (broad SMARTS) is 1. The molecule has 5 nitrogen and oxygen atoms in total. The summed E-state index contributed by atoms with van der Waals surface area (Å²) >= 11 is 0. The van der Waals surface area contributed by atoms with Crippen LogP contribution in [0.15, 0.2) is 48.6 Å². The number of Topliss-reactive ketones (excluding diaryl/α,β-unsaturated/α-hetero) is 1. The highest BCUT2D eigenvalue weighted by molar-refractivity contribution is 6.80. The minimum atomic E-state index is -2.08. The molecule has 1 fully saturated rings. The highest BCUT2D eigenvalue weighted by atomic mass is 28.4. The molecule has 254 valence electrons. The molecule has 1 aliphatic carbocycles. The summed E-state index contributed by atoms with van der Waals surface area (Å²) in [5.74, 6) is -0.110. The van der Waals surface area contributed by atoms with Gasteiger partial charge >= 0.3 is 5.97 Å². The minimum Gasteiger partial charge on any atom is -0.481 e. The molecule has 4 atom stereocenters. The molecule has 0 bridgehead atoms. The number of carbonyl (C=O) groups is 2. The summed E-state index contributed by atoms with van der Waals surface area (Å²) in [6.07, 6.45) is 13.6. The van der Waals surface area contributed by atoms with Gasteiger partial charge in [0, 0.05) is 31.8 Å². The van der Waals surface area contributed by atoms with Gasteiger partial charge in [-0.1, -0.05) is 109 Å². The monoisotopic (exact) mass is 656 g/mol. The van der Waals surface area contributed by atoms with E-state index in [1.807, 2.05) is 0 Å². The predicted molar refractivity (Wildman–Crippen MR) is 194 cm³/mol. The van der Waals surface area contributed by atoms with Gasteiger partial charge in [-0.05, 0) is 72.3 Å². The van der Waals surface area contributed by atoms with Crippen molar-refractivity contribution in [3.8, 4) is 0 Å². The van der Waals surface area contributed by atoms with Crippen molar-refractivity contribution < 1.29 is 23.9 Å². The molecule has 1 aromatic carbocycles. The van der Waals surface area contributed by atoms with E-state index in [1.54, 1.807) is 7.11 Å². The Kier molecular flexibility index (Phi) is 14.7. The minimum absolute atomic E-state index is 0.0437. The highest BCUT2D eigenvalue weighted by Crippen LogP contribution is 2.44. The first-order valence-corrected chi connectivity index (χ1v) is 23.2. The van der Waals surface area contributed by atoms with Crippen LogP contribution >= 0.6 is 0 Å². The summed E-state index contributed by atoms with van der Waals surface area (Å²) in [6, 6.07) is 9.96. The SMILES string of the molecule is COCc1cccc(CC[C@@H](C=C[C@H]2[C@H](O[Si](C)(C)C(C)(C)C)CC(=O)[C@@H]2CC=CCCCC(=O)O)C[Si](C)(C)C(C)(C)C)c1. The summed E-state index contributed by atoms with van der Waals surface area (Å²) in [4.78, 5) is 24.4. The molecule has 0 heterocycles. The Morgan fingerprint density at radius 2 is 1.71 bits per heavy atom. The number of hydrogen-bond acceptors (Lipinski definition) is 4. The molecule has 1 aromatic rings. The van der Waals surface area contributed by atoms with Crippen LogP contribution in [-0.2, 0) is 31.8 Å². The van der Waals surface area contributed by atoms with E-state index < -0.39 is 22.4 Å². The van der Waals surface area contributed by atoms with Crippen molar-refractivity contribution in [3.05, 3.63) is 59.7 Å². The highest BCUT2D eigenvalue weighted by Gasteiger charge is 2.47. The molecule has 1 N–H and O–H groups in total. The Bertz CT molecular complexity index is 1160. The lowest BCUT2D eigenvalue weighted by Crippen LogP contribution is -2.45. The summed E-state index contributed by atoms with van der Waals surface area (Å²) in [6.45, 7) is 24.2. The van der Waals surface area contributed by atoms with Gasteiger partial charge in [0.15, 0.2) is 8.32 Å². The fraction of sp³-hybridized carbons (Fsp3) is 0.684. The quantitative estimate of drug-likeness (QED) is 0.103. The summed E-state index contributed by atoms with van der Waals surface area (Å²) in [7, 11) is -1.92. The molecule has 1 aliphatic rings. The number of ether oxygens (including phenoxy) is 1. The van der Waals surface area contributed by atoms with E-state index >= 15 is 0 Å². The number of benzene rings is 1. The van der Waals surface area contributed by atoms with Crippen molar-refractivity contribution in [2.45, 2.75) is 142 Å². The lowest BCUT2D eigenvalue weighted by molar-refractivity contribution is -0.137. The number of aryl methyl sites for hydroxylation is 1. The van der Waals surface area contributed by atoms with Gasteiger partial charge in [-0.3, -0.25) is 9.59 Å². The van der Waals surface area contributed by atoms with Crippen LogP contribution in [0.5, 0.6) is 0 Å². The maximum absolute atomic E-state index is 13.5. The molecule has 0 spiro atoms. The van der Waals surface area contributed by atoms with E-state index in [2.05, 4.69) is 116 Å². The van der Waals surface area contributed by atoms with Crippen LogP contribution in [-0.4, -0.2) is 46.5 Å². The number of aliphatic carboxylic acids is 1. The number of hydrogen-bond donors (Lipinski definition) is 1. The molecule has 45 heavy (non-hydrogen) atoms. The Labute approximate surface area is 277 Å². The van der Waals surface area contributed by atoms with Gasteiger partial charge in [0.25, 0.3) is 0 Å². The van der Waals surface area contributed by atoms with Gasteiger partial charge in [0.2, 0.25) is 0 Å². The first kappa shape index (κ1) is 39.4. The normalized spacial score (nSPS) is 20.9. The zero-order valence-electron chi connectivity index (χ0n) is 30.4. The van der Waals surface area contributed by atoms with Gasteiger partial charge in [-0.15, -0.1) is 0 Å². The molecule has 1 saturated carbocycles. The van der Waals surface area contributed by atoms with Crippen LogP contribution in [0.4, 0.5) is 0 Å². The van der Waals surface area contributed by atoms with Crippen molar-refractivity contribution in [2.75, 3.05) is 7.11 Å². The van der Waals surface area contributed by atoms with E-state index in [9.17, 15) is 9.59 Å². The summed E-state index contributed by atoms with van der Waals surface area (Å²) in [5, 5.41) is 9.32. The standard InChI is InChI=1S/C38H64O5Si2/c1-37(2,3)44(8,9)28-30(22-21-29-17-16-18-31(25-29)27-42-7)23-24-33-32(19-14-12-13-15-20-36(40)41)34(39)26-35(33)43-45(10,11)38(4,5)6/h12,14,16-18,23-25,30,32-33,35H,13,15,19-22,26-28H2,1-11H3,(H,40,41)/t30-,32+,33+,35+/m0/s1. The van der Waals surface area contributed by atoms with E-state index in [4.69, 9.17) is 14.3 Å². The number of methoxy groups -OCH3 is 1. The van der Waals surface area contributed by atoms with Crippen LogP contribution in [0.1, 0.15) is 91.2 Å². The Morgan fingerprint density at radius 1 is 1.04 bits per heavy atom. The molecule has 0 aliphatic heterocycles. The second-order valence-corrected chi connectivity index (χ2v) is 27.0. The lowest BCUT2D eigenvalue weighted by atomic mass is 9.89. The van der Waals surface area contributed by atoms with E-state index in [-0.39, 0.29) is 29.4 Å². The lowest BCUT2D eigenvalue weighted by Gasteiger charge is -2.40. The Balaban J connectivity index is 2.38. The van der Waals surface area contributed by atoms with Crippen molar-refractivity contribution in [2.24, 2.45) is 17.8 Å². The molecule has 2 rings (SSSR count). The van der Waals surface area contributed by atoms with Gasteiger partial charge < -0.3 is 14.3 Å². The second kappa shape index (κ2) is 16.8. The van der Waals surface area contributed by atoms with Gasteiger partial charge in [0.1, 0.15) is 5.78 Å². The van der Waals surface area contributed by atoms with Crippen molar-refractivity contribution in [3.63, 3.8) is 0 Å². The molecule has 0 aromatic heterocycles. The maximum atomic E-state index is 13.5. The van der Waals surface area contributed by atoms with E-state index in [0.717, 1.165) is 19.3 Å². The van der Waals surface area contributed by atoms with E-state index in [0.29, 0.717) is 42.6 Å². The van der Waals surface area contributed by atoms with Gasteiger partial charge in [-0.25, -0.2) is 0 Å². The Morgan fingerprint density at radius 3 is 2.31 bits per heavy atom. The topological polar surface area (TPSA) is 72.8 Å². The van der Waals surface area contributed by atoms with Crippen LogP contribution < -0.4 is 0 Å². The average Bonchev–Trinajstić information content (AvgIpc) is 3.19. The fourth-order valence-corrected chi connectivity index (χ4v) is 9.43. The molecular formula is C38H64O5Si2. The molecule has 0 amide bonds. The molecule has 0 radical (unpaired) electrons. The Hall–Kier alpha value is -1.81. The second-order valence-electron chi connectivity index (χ2n) is 16.5. The third-order valence-corrected chi connectivity index (χ3v) is 20.9. The fourth-order valence-electron chi connectivity index (χ4n) is 5.82. The number of rotatable bonds is 17. The van der Waals surface area contributed by atoms with Crippen LogP contribution in [0.2, 0.25) is 42.3 Å². The number of unbranched alkanes of at least 4 members (excludes halogenated alkanes) is 1. The van der Waals surface area contributed by atoms with Crippen LogP contribution in [0, 0.1) is 17.8 Å². The van der Waals surface area contributed by atoms with E-state index in [1.165, 1.54) is 17.2 Å². The predicted octanol–water partition coefficient (Wildman–Crippen LogP) is 10.2. The zero-order valence-corrected chi connectivity index (χ0v) is 32.4. The number of carbonyl (C=O) groups excluding carboxylic acids is 1. The zero-order chi connectivity index (χ0) is 34.1. The van der Waals surface area contributed by atoms with Crippen molar-refractivity contribution in [1.82, 2.24) is 0 Å². The van der Waals surface area contributed by atoms with Crippen molar-refractivity contribution in [1.29, 1.82) is 0 Å². The van der Waals surface area contributed by atoms with Gasteiger partial charge in [0.05, 0.1) is 20.8 Å². The molecular weight excluding hydrogens is 593 g/mol. The van der Waals surface area contributed by atoms with Crippen LogP contribution in [0.3, 0.4) is 0 Å². The molecule has 7 heteroatoms. The molecule has 0 unspecified atom stereocenters.